The Labute approximate surface area is 91.7 Å². The molecular formula is C13H19N2. The minimum atomic E-state index is 0.716. The van der Waals surface area contributed by atoms with Crippen LogP contribution in [0.15, 0.2) is 0 Å². The van der Waals surface area contributed by atoms with E-state index in [1.807, 2.05) is 0 Å². The van der Waals surface area contributed by atoms with E-state index in [0.29, 0.717) is 6.04 Å². The molecule has 2 nitrogen and oxygen atoms in total. The molecule has 15 heavy (non-hydrogen) atoms. The SMILES string of the molecule is [c]1nc2c(n1C1CCCCC1)CCCC2. The van der Waals surface area contributed by atoms with Gasteiger partial charge in [0.15, 0.2) is 6.33 Å². The van der Waals surface area contributed by atoms with Crippen LogP contribution < -0.4 is 0 Å². The smallest absolute Gasteiger partial charge is 0.177 e. The first-order valence-electron chi connectivity index (χ1n) is 6.43. The van der Waals surface area contributed by atoms with Crippen LogP contribution in [0.1, 0.15) is 62.4 Å². The Morgan fingerprint density at radius 1 is 1.00 bits per heavy atom. The van der Waals surface area contributed by atoms with E-state index in [9.17, 15) is 0 Å². The highest BCUT2D eigenvalue weighted by molar-refractivity contribution is 5.16. The number of hydrogen-bond donors (Lipinski definition) is 0. The quantitative estimate of drug-likeness (QED) is 0.686. The molecular weight excluding hydrogens is 184 g/mol. The third kappa shape index (κ3) is 1.70. The van der Waals surface area contributed by atoms with Crippen molar-refractivity contribution in [2.45, 2.75) is 63.8 Å². The van der Waals surface area contributed by atoms with Crippen molar-refractivity contribution >= 4 is 0 Å². The lowest BCUT2D eigenvalue weighted by atomic mass is 9.94. The number of aryl methyl sites for hydroxylation is 1. The van der Waals surface area contributed by atoms with Crippen LogP contribution in [-0.2, 0) is 12.8 Å². The van der Waals surface area contributed by atoms with E-state index in [0.717, 1.165) is 0 Å². The second kappa shape index (κ2) is 3.99. The van der Waals surface area contributed by atoms with Crippen molar-refractivity contribution in [2.75, 3.05) is 0 Å². The summed E-state index contributed by atoms with van der Waals surface area (Å²) in [5.41, 5.74) is 2.85. The lowest BCUT2D eigenvalue weighted by Crippen LogP contribution is -2.16. The Kier molecular flexibility index (Phi) is 2.51. The zero-order valence-corrected chi connectivity index (χ0v) is 9.34. The van der Waals surface area contributed by atoms with Gasteiger partial charge in [0, 0.05) is 11.7 Å². The molecule has 2 heteroatoms. The van der Waals surface area contributed by atoms with Gasteiger partial charge in [-0.3, -0.25) is 0 Å². The molecule has 1 aromatic rings. The summed E-state index contributed by atoms with van der Waals surface area (Å²) in [6.07, 6.45) is 15.3. The third-order valence-electron chi connectivity index (χ3n) is 3.93. The molecule has 1 radical (unpaired) electrons. The number of rotatable bonds is 1. The fraction of sp³-hybridized carbons (Fsp3) is 0.769. The van der Waals surface area contributed by atoms with Crippen molar-refractivity contribution in [3.63, 3.8) is 0 Å². The minimum Gasteiger partial charge on any atom is -0.322 e. The Balaban J connectivity index is 1.87. The second-order valence-corrected chi connectivity index (χ2v) is 4.97. The summed E-state index contributed by atoms with van der Waals surface area (Å²) < 4.78 is 2.38. The normalized spacial score (nSPS) is 22.7. The summed E-state index contributed by atoms with van der Waals surface area (Å²) >= 11 is 0. The fourth-order valence-electron chi connectivity index (χ4n) is 3.07. The highest BCUT2D eigenvalue weighted by Crippen LogP contribution is 2.31. The first-order valence-corrected chi connectivity index (χ1v) is 6.43. The first kappa shape index (κ1) is 9.44. The minimum absolute atomic E-state index is 0.716. The van der Waals surface area contributed by atoms with Gasteiger partial charge in [-0.05, 0) is 38.5 Å². The van der Waals surface area contributed by atoms with Gasteiger partial charge in [-0.25, -0.2) is 4.98 Å². The molecule has 1 saturated carbocycles. The van der Waals surface area contributed by atoms with Crippen molar-refractivity contribution < 1.29 is 0 Å². The maximum atomic E-state index is 4.47. The zero-order valence-electron chi connectivity index (χ0n) is 9.34. The zero-order chi connectivity index (χ0) is 10.1. The van der Waals surface area contributed by atoms with Crippen LogP contribution >= 0.6 is 0 Å². The summed E-state index contributed by atoms with van der Waals surface area (Å²) in [5.74, 6) is 0. The molecule has 0 aromatic carbocycles. The van der Waals surface area contributed by atoms with E-state index in [1.54, 1.807) is 0 Å². The van der Waals surface area contributed by atoms with Crippen molar-refractivity contribution in [1.29, 1.82) is 0 Å². The first-order chi connectivity index (χ1) is 7.45. The van der Waals surface area contributed by atoms with Crippen molar-refractivity contribution in [1.82, 2.24) is 9.55 Å². The summed E-state index contributed by atoms with van der Waals surface area (Å²) in [7, 11) is 0. The van der Waals surface area contributed by atoms with Gasteiger partial charge in [0.05, 0.1) is 5.69 Å². The average molecular weight is 203 g/mol. The molecule has 0 spiro atoms. The Hall–Kier alpha value is -0.790. The number of hydrogen-bond acceptors (Lipinski definition) is 1. The monoisotopic (exact) mass is 203 g/mol. The largest absolute Gasteiger partial charge is 0.322 e. The molecule has 0 N–H and O–H groups in total. The van der Waals surface area contributed by atoms with Crippen LogP contribution in [0.3, 0.4) is 0 Å². The maximum absolute atomic E-state index is 4.47. The summed E-state index contributed by atoms with van der Waals surface area (Å²) in [4.78, 5) is 4.47. The van der Waals surface area contributed by atoms with Crippen LogP contribution in [0.5, 0.6) is 0 Å². The molecule has 81 valence electrons. The fourth-order valence-corrected chi connectivity index (χ4v) is 3.07. The lowest BCUT2D eigenvalue weighted by molar-refractivity contribution is 0.343. The molecule has 0 saturated heterocycles. The van der Waals surface area contributed by atoms with E-state index < -0.39 is 0 Å². The van der Waals surface area contributed by atoms with Gasteiger partial charge in [-0.1, -0.05) is 19.3 Å². The summed E-state index contributed by atoms with van der Waals surface area (Å²) in [6.45, 7) is 0. The molecule has 0 amide bonds. The molecule has 0 aliphatic heterocycles. The molecule has 1 aromatic heterocycles. The number of imidazole rings is 1. The molecule has 0 bridgehead atoms. The Morgan fingerprint density at radius 3 is 2.67 bits per heavy atom. The molecule has 2 aliphatic carbocycles. The average Bonchev–Trinajstić information content (AvgIpc) is 2.74. The predicted molar refractivity (Wildman–Crippen MR) is 59.8 cm³/mol. The van der Waals surface area contributed by atoms with Gasteiger partial charge in [0.1, 0.15) is 0 Å². The second-order valence-electron chi connectivity index (χ2n) is 4.97. The molecule has 0 atom stereocenters. The molecule has 3 rings (SSSR count). The Bertz CT molecular complexity index is 334. The number of aromatic nitrogens is 2. The Morgan fingerprint density at radius 2 is 1.80 bits per heavy atom. The molecule has 1 heterocycles. The molecule has 0 unspecified atom stereocenters. The van der Waals surface area contributed by atoms with E-state index >= 15 is 0 Å². The highest BCUT2D eigenvalue weighted by Gasteiger charge is 2.22. The number of fused-ring (bicyclic) bond motifs is 1. The van der Waals surface area contributed by atoms with Crippen LogP contribution in [0.4, 0.5) is 0 Å². The molecule has 1 fully saturated rings. The number of nitrogens with zero attached hydrogens (tertiary/aromatic N) is 2. The van der Waals surface area contributed by atoms with Crippen molar-refractivity contribution in [2.24, 2.45) is 0 Å². The van der Waals surface area contributed by atoms with Gasteiger partial charge in [-0.15, -0.1) is 0 Å². The summed E-state index contributed by atoms with van der Waals surface area (Å²) in [6, 6.07) is 0.716. The van der Waals surface area contributed by atoms with Crippen molar-refractivity contribution in [3.8, 4) is 0 Å². The van der Waals surface area contributed by atoms with Crippen LogP contribution in [-0.4, -0.2) is 9.55 Å². The van der Waals surface area contributed by atoms with Gasteiger partial charge >= 0.3 is 0 Å². The maximum Gasteiger partial charge on any atom is 0.177 e. The van der Waals surface area contributed by atoms with E-state index in [4.69, 9.17) is 0 Å². The van der Waals surface area contributed by atoms with Gasteiger partial charge in [0.2, 0.25) is 0 Å². The highest BCUT2D eigenvalue weighted by atomic mass is 15.1. The van der Waals surface area contributed by atoms with E-state index in [1.165, 1.54) is 69.2 Å². The van der Waals surface area contributed by atoms with E-state index in [-0.39, 0.29) is 0 Å². The predicted octanol–water partition coefficient (Wildman–Crippen LogP) is 3.07. The van der Waals surface area contributed by atoms with Crippen LogP contribution in [0, 0.1) is 6.33 Å². The van der Waals surface area contributed by atoms with Gasteiger partial charge in [0.25, 0.3) is 0 Å². The summed E-state index contributed by atoms with van der Waals surface area (Å²) in [5, 5.41) is 0. The van der Waals surface area contributed by atoms with E-state index in [2.05, 4.69) is 15.9 Å². The van der Waals surface area contributed by atoms with Gasteiger partial charge < -0.3 is 4.57 Å². The van der Waals surface area contributed by atoms with Gasteiger partial charge in [-0.2, -0.15) is 0 Å². The molecule has 2 aliphatic rings. The van der Waals surface area contributed by atoms with Crippen LogP contribution in [0.25, 0.3) is 0 Å². The third-order valence-corrected chi connectivity index (χ3v) is 3.93. The standard InChI is InChI=1S/C13H19N2/c1-2-6-11(7-3-1)15-10-14-12-8-4-5-9-13(12)15/h11H,1-9H2. The van der Waals surface area contributed by atoms with Crippen molar-refractivity contribution in [3.05, 3.63) is 17.7 Å². The lowest BCUT2D eigenvalue weighted by Gasteiger charge is -2.25. The topological polar surface area (TPSA) is 17.8 Å². The van der Waals surface area contributed by atoms with Crippen LogP contribution in [0.2, 0.25) is 0 Å².